The second-order valence-corrected chi connectivity index (χ2v) is 31.1. The number of aliphatic hydroxyl groups is 1. The van der Waals surface area contributed by atoms with Crippen molar-refractivity contribution in [3.8, 4) is 0 Å². The fourth-order valence-electron chi connectivity index (χ4n) is 13.3. The minimum absolute atomic E-state index is 0. The first-order chi connectivity index (χ1) is 45.7. The molecule has 3 saturated heterocycles. The van der Waals surface area contributed by atoms with Gasteiger partial charge in [0.15, 0.2) is 7.05 Å². The molecule has 0 spiro atoms. The van der Waals surface area contributed by atoms with Crippen LogP contribution in [0.25, 0.3) is 0 Å². The number of allylic oxidation sites excluding steroid dienone is 1. The number of hydrogen-bond donors (Lipinski definition) is 3. The van der Waals surface area contributed by atoms with Crippen LogP contribution in [-0.4, -0.2) is 222 Å². The molecule has 3 radical (unpaired) electrons. The first kappa shape index (κ1) is 101. The number of nitro groups is 4. The molecular formula is C68H130BCl2N11NaNiO16. The number of ether oxygens (including phenoxy) is 3. The van der Waals surface area contributed by atoms with Crippen molar-refractivity contribution in [2.75, 3.05) is 105 Å². The quantitative estimate of drug-likeness (QED) is 0.0507. The third kappa shape index (κ3) is 50.2. The van der Waals surface area contributed by atoms with Gasteiger partial charge in [-0.1, -0.05) is 104 Å². The van der Waals surface area contributed by atoms with Gasteiger partial charge in [-0.2, -0.15) is 0 Å². The predicted octanol–water partition coefficient (Wildman–Crippen LogP) is 10.0. The summed E-state index contributed by atoms with van der Waals surface area (Å²) in [5, 5.41) is 52.6. The molecule has 3 amide bonds. The van der Waals surface area contributed by atoms with Crippen LogP contribution in [-0.2, 0) is 31.7 Å². The molecule has 3 unspecified atom stereocenters. The SMILES string of the molecule is C.CC(C)(C)OC(=O)N1CCN(C(CN)C2CCCCC2)CC1.CC(C)(C)OC(=O)N1CCN(C(C[N+](=O)[O-])C2CCCCC2)CC1.CC(C)(C)OC(=O)N1CCNCC1.C[N+](=O)[O-].O=CC1CCCCC1.O=[N+]([O-])/C=C/C1CCCCC1.O=[N+]([O-])CC(O)C1CCCCC1.[B].[Cl][Ni][Cl].[H-].[Na+]. The first-order valence-electron chi connectivity index (χ1n) is 35.6. The topological polar surface area (TPSA) is 343 Å². The van der Waals surface area contributed by atoms with E-state index in [1.165, 1.54) is 96.3 Å². The average molecular weight is 1520 g/mol. The van der Waals surface area contributed by atoms with Crippen molar-refractivity contribution < 1.29 is 102 Å². The molecular weight excluding hydrogens is 1390 g/mol. The zero-order valence-electron chi connectivity index (χ0n) is 63.0. The number of nitrogens with zero attached hydrogens (tertiary/aromatic N) is 9. The van der Waals surface area contributed by atoms with Crippen molar-refractivity contribution in [2.45, 2.75) is 265 Å². The molecule has 8 fully saturated rings. The maximum Gasteiger partial charge on any atom is 1.00 e. The third-order valence-electron chi connectivity index (χ3n) is 18.1. The molecule has 0 aromatic carbocycles. The summed E-state index contributed by atoms with van der Waals surface area (Å²) in [6.07, 6.45) is 32.5. The zero-order valence-corrected chi connectivity index (χ0v) is 66.5. The Kier molecular flexibility index (Phi) is 57.6. The molecule has 3 atom stereocenters. The standard InChI is InChI=1S/C17H31N3O4.C17H33N3O2.C9H18N2O2.C8H15NO3.C8H13NO2.C7H12O.CH3NO2.CH4.B.2ClH.Na.Ni.H/c1-17(2,3)24-16(21)19-11-9-18(10-12-19)15(13-20(22)23)14-7-5-4-6-8-14;1-17(2,3)22-16(21)20-11-9-19(10-12-20)15(13-18)14-7-5-4-6-8-14;1-9(2,3)13-8(12)11-6-4-10-5-7-11;10-8(6-9(11)12)7-4-2-1-3-5-7;10-9(11)7-6-8-4-2-1-3-5-8;8-6-7-4-2-1-3-5-7;1-2(3)4;;;;;;;/h14-15H,4-13H2,1-3H3;14-15H,4-13,18H2,1-3H3;10H,4-7H2,1-3H3;7-8,10H,1-6H2;6-8H,1-5H2;6-7H,1-5H2;1H3;1H4;;2*1H;;;/q;;;;;;;;;;;+1;+2;-1/p-2/b;;;;7-6+;;;;;;;;;. The molecule has 8 aliphatic rings. The van der Waals surface area contributed by atoms with Gasteiger partial charge in [0, 0.05) is 120 Å². The van der Waals surface area contributed by atoms with Crippen LogP contribution in [0.4, 0.5) is 14.4 Å². The van der Waals surface area contributed by atoms with Crippen molar-refractivity contribution in [1.82, 2.24) is 29.8 Å². The number of halogens is 2. The number of nitrogens with one attached hydrogen (secondary N) is 1. The monoisotopic (exact) mass is 1520 g/mol. The summed E-state index contributed by atoms with van der Waals surface area (Å²) in [7, 11) is 10.3. The Hall–Kier alpha value is -3.24. The van der Waals surface area contributed by atoms with Crippen LogP contribution in [0.3, 0.4) is 0 Å². The molecule has 3 aliphatic heterocycles. The molecule has 3 heterocycles. The van der Waals surface area contributed by atoms with Gasteiger partial charge in [-0.3, -0.25) is 50.3 Å². The van der Waals surface area contributed by atoms with Gasteiger partial charge in [0.25, 0.3) is 0 Å². The van der Waals surface area contributed by atoms with Crippen LogP contribution in [0.15, 0.2) is 12.3 Å². The van der Waals surface area contributed by atoms with Crippen LogP contribution in [0.5, 0.6) is 0 Å². The number of nitrogens with two attached hydrogens (primary N) is 1. The van der Waals surface area contributed by atoms with E-state index in [-0.39, 0.29) is 106 Å². The van der Waals surface area contributed by atoms with Crippen molar-refractivity contribution in [1.29, 1.82) is 0 Å². The van der Waals surface area contributed by atoms with E-state index < -0.39 is 27.2 Å². The summed E-state index contributed by atoms with van der Waals surface area (Å²) < 4.78 is 16.1. The summed E-state index contributed by atoms with van der Waals surface area (Å²) >= 11 is 0.569. The maximum atomic E-state index is 12.1. The summed E-state index contributed by atoms with van der Waals surface area (Å²) in [5.41, 5.74) is 4.76. The molecule has 27 nitrogen and oxygen atoms in total. The van der Waals surface area contributed by atoms with Gasteiger partial charge < -0.3 is 51.3 Å². The fraction of sp³-hybridized carbons (Fsp3) is 0.912. The Morgan fingerprint density at radius 1 is 0.540 bits per heavy atom. The molecule has 5 aliphatic carbocycles. The number of aldehydes is 1. The van der Waals surface area contributed by atoms with Gasteiger partial charge >= 0.3 is 80.9 Å². The summed E-state index contributed by atoms with van der Waals surface area (Å²) in [6.45, 7) is 26.5. The molecule has 5 saturated carbocycles. The predicted molar refractivity (Wildman–Crippen MR) is 389 cm³/mol. The van der Waals surface area contributed by atoms with E-state index in [2.05, 4.69) is 15.1 Å². The van der Waals surface area contributed by atoms with Crippen LogP contribution < -0.4 is 40.6 Å². The Morgan fingerprint density at radius 2 is 0.830 bits per heavy atom. The molecule has 100 heavy (non-hydrogen) atoms. The number of rotatable bonds is 13. The Labute approximate surface area is 639 Å². The number of amides is 3. The number of aliphatic hydroxyl groups excluding tert-OH is 1. The Bertz CT molecular complexity index is 2240. The van der Waals surface area contributed by atoms with Gasteiger partial charge in [-0.15, -0.1) is 0 Å². The van der Waals surface area contributed by atoms with E-state index in [4.69, 9.17) is 50.4 Å². The zero-order chi connectivity index (χ0) is 73.0. The normalized spacial score (nSPS) is 20.1. The van der Waals surface area contributed by atoms with Gasteiger partial charge in [-0.25, -0.2) is 14.4 Å². The molecule has 0 aromatic rings. The van der Waals surface area contributed by atoms with Gasteiger partial charge in [0.05, 0.1) is 11.0 Å². The smallest absolute Gasteiger partial charge is 1.00 e. The van der Waals surface area contributed by atoms with Crippen LogP contribution in [0, 0.1) is 70.0 Å². The molecule has 0 aromatic heterocycles. The van der Waals surface area contributed by atoms with Crippen molar-refractivity contribution in [3.63, 3.8) is 0 Å². The van der Waals surface area contributed by atoms with E-state index in [9.17, 15) is 54.6 Å². The van der Waals surface area contributed by atoms with E-state index in [1.54, 1.807) is 15.9 Å². The molecule has 32 heteroatoms. The molecule has 581 valence electrons. The van der Waals surface area contributed by atoms with Crippen LogP contribution in [0.1, 0.15) is 232 Å². The van der Waals surface area contributed by atoms with E-state index >= 15 is 0 Å². The van der Waals surface area contributed by atoms with E-state index in [0.29, 0.717) is 62.6 Å². The van der Waals surface area contributed by atoms with Crippen LogP contribution >= 0.6 is 20.4 Å². The van der Waals surface area contributed by atoms with Gasteiger partial charge in [-0.05, 0) is 156 Å². The number of piperazine rings is 3. The Balaban J connectivity index is -0.000000562. The number of carbonyl (C=O) groups excluding carboxylic acids is 4. The van der Waals surface area contributed by atoms with E-state index in [0.717, 1.165) is 149 Å². The van der Waals surface area contributed by atoms with E-state index in [1.807, 2.05) is 67.2 Å². The Morgan fingerprint density at radius 3 is 1.12 bits per heavy atom. The minimum Gasteiger partial charge on any atom is -1.00 e. The molecule has 0 bridgehead atoms. The summed E-state index contributed by atoms with van der Waals surface area (Å²) in [5.74, 6) is 2.20. The van der Waals surface area contributed by atoms with Crippen molar-refractivity contribution in [2.24, 2.45) is 35.3 Å². The second-order valence-electron chi connectivity index (χ2n) is 29.4. The fourth-order valence-corrected chi connectivity index (χ4v) is 13.3. The van der Waals surface area contributed by atoms with Crippen molar-refractivity contribution in [3.05, 3.63) is 52.7 Å². The van der Waals surface area contributed by atoms with Gasteiger partial charge in [0.2, 0.25) is 19.3 Å². The summed E-state index contributed by atoms with van der Waals surface area (Å²) in [6, 6.07) is 0.488. The molecule has 4 N–H and O–H groups in total. The third-order valence-corrected chi connectivity index (χ3v) is 18.1. The van der Waals surface area contributed by atoms with Gasteiger partial charge in [0.1, 0.15) is 29.2 Å². The average Bonchev–Trinajstić information content (AvgIpc) is 0.841. The maximum absolute atomic E-state index is 12.1. The number of hydrogen-bond acceptors (Lipinski definition) is 20. The second kappa shape index (κ2) is 57.1. The van der Waals surface area contributed by atoms with Crippen LogP contribution in [0.2, 0.25) is 0 Å². The first-order valence-corrected chi connectivity index (χ1v) is 38.4. The number of carbonyl (C=O) groups is 4. The molecule has 8 rings (SSSR count). The minimum atomic E-state index is -0.722. The summed E-state index contributed by atoms with van der Waals surface area (Å²) in [4.78, 5) is 94.4. The van der Waals surface area contributed by atoms with Crippen molar-refractivity contribution >= 4 is 53.4 Å². The largest absolute Gasteiger partial charge is 1.00 e.